The van der Waals surface area contributed by atoms with Crippen LogP contribution >= 0.6 is 15.9 Å². The third kappa shape index (κ3) is 2.22. The Morgan fingerprint density at radius 3 is 2.60 bits per heavy atom. The second-order valence-electron chi connectivity index (χ2n) is 5.29. The molecule has 3 rings (SSSR count). The van der Waals surface area contributed by atoms with Gasteiger partial charge in [-0.25, -0.2) is 4.98 Å². The fraction of sp³-hybridized carbons (Fsp3) is 0.500. The fourth-order valence-corrected chi connectivity index (χ4v) is 3.40. The molecule has 1 aliphatic rings. The Kier molecular flexibility index (Phi) is 3.50. The van der Waals surface area contributed by atoms with Crippen LogP contribution in [0.3, 0.4) is 0 Å². The Labute approximate surface area is 124 Å². The second-order valence-corrected chi connectivity index (χ2v) is 6.09. The number of halogens is 1. The first-order valence-electron chi connectivity index (χ1n) is 6.81. The van der Waals surface area contributed by atoms with Gasteiger partial charge in [0, 0.05) is 5.92 Å². The first kappa shape index (κ1) is 13.5. The first-order valence-corrected chi connectivity index (χ1v) is 7.60. The lowest BCUT2D eigenvalue weighted by Crippen LogP contribution is -2.15. The Morgan fingerprint density at radius 1 is 1.30 bits per heavy atom. The van der Waals surface area contributed by atoms with Crippen molar-refractivity contribution in [1.82, 2.24) is 15.1 Å². The maximum absolute atomic E-state index is 12.1. The topological polar surface area (TPSA) is 71.8 Å². The van der Waals surface area contributed by atoms with Crippen LogP contribution in [0, 0.1) is 13.8 Å². The van der Waals surface area contributed by atoms with Gasteiger partial charge >= 0.3 is 0 Å². The van der Waals surface area contributed by atoms with Crippen molar-refractivity contribution >= 4 is 15.9 Å². The summed E-state index contributed by atoms with van der Waals surface area (Å²) < 4.78 is 5.72. The summed E-state index contributed by atoms with van der Waals surface area (Å²) in [5.74, 6) is 1.59. The molecule has 1 aliphatic carbocycles. The molecule has 0 aromatic carbocycles. The van der Waals surface area contributed by atoms with Crippen LogP contribution in [-0.4, -0.2) is 15.1 Å². The van der Waals surface area contributed by atoms with Crippen molar-refractivity contribution in [3.8, 4) is 11.4 Å². The predicted molar refractivity (Wildman–Crippen MR) is 78.7 cm³/mol. The van der Waals surface area contributed by atoms with Crippen LogP contribution in [0.1, 0.15) is 48.7 Å². The minimum Gasteiger partial charge on any atom is -0.361 e. The van der Waals surface area contributed by atoms with Crippen LogP contribution < -0.4 is 5.56 Å². The smallest absolute Gasteiger partial charge is 0.265 e. The molecule has 1 N–H and O–H groups in total. The summed E-state index contributed by atoms with van der Waals surface area (Å²) in [4.78, 5) is 19.6. The summed E-state index contributed by atoms with van der Waals surface area (Å²) in [5.41, 5.74) is 2.25. The second kappa shape index (κ2) is 5.16. The van der Waals surface area contributed by atoms with Gasteiger partial charge in [-0.2, -0.15) is 0 Å². The van der Waals surface area contributed by atoms with E-state index in [1.807, 2.05) is 13.8 Å². The quantitative estimate of drug-likeness (QED) is 0.910. The summed E-state index contributed by atoms with van der Waals surface area (Å²) in [5, 5.41) is 3.92. The van der Waals surface area contributed by atoms with Crippen LogP contribution in [0.5, 0.6) is 0 Å². The van der Waals surface area contributed by atoms with Crippen molar-refractivity contribution in [2.24, 2.45) is 0 Å². The van der Waals surface area contributed by atoms with Crippen LogP contribution in [-0.2, 0) is 0 Å². The number of hydrogen-bond donors (Lipinski definition) is 1. The van der Waals surface area contributed by atoms with Gasteiger partial charge in [0.25, 0.3) is 5.56 Å². The highest BCUT2D eigenvalue weighted by molar-refractivity contribution is 9.10. The molecule has 0 unspecified atom stereocenters. The molecular weight excluding hydrogens is 322 g/mol. The fourth-order valence-electron chi connectivity index (χ4n) is 2.89. The van der Waals surface area contributed by atoms with Gasteiger partial charge in [-0.1, -0.05) is 18.0 Å². The molecule has 0 radical (unpaired) electrons. The summed E-state index contributed by atoms with van der Waals surface area (Å²) in [6.07, 6.45) is 4.59. The highest BCUT2D eigenvalue weighted by atomic mass is 79.9. The molecule has 0 amide bonds. The Bertz CT molecular complexity index is 679. The molecule has 0 aliphatic heterocycles. The van der Waals surface area contributed by atoms with Crippen molar-refractivity contribution in [1.29, 1.82) is 0 Å². The van der Waals surface area contributed by atoms with Crippen LogP contribution in [0.2, 0.25) is 0 Å². The van der Waals surface area contributed by atoms with E-state index in [1.54, 1.807) is 0 Å². The van der Waals surface area contributed by atoms with E-state index in [-0.39, 0.29) is 5.56 Å². The average Bonchev–Trinajstić information content (AvgIpc) is 3.04. The van der Waals surface area contributed by atoms with Gasteiger partial charge in [-0.15, -0.1) is 0 Å². The lowest BCUT2D eigenvalue weighted by atomic mass is 10.0. The van der Waals surface area contributed by atoms with Crippen molar-refractivity contribution in [3.05, 3.63) is 32.0 Å². The molecule has 0 atom stereocenters. The molecule has 0 bridgehead atoms. The first-order chi connectivity index (χ1) is 9.58. The van der Waals surface area contributed by atoms with E-state index in [2.05, 4.69) is 31.1 Å². The Morgan fingerprint density at radius 2 is 2.00 bits per heavy atom. The lowest BCUT2D eigenvalue weighted by Gasteiger charge is -2.11. The number of hydrogen-bond acceptors (Lipinski definition) is 4. The molecule has 5 nitrogen and oxygen atoms in total. The van der Waals surface area contributed by atoms with Gasteiger partial charge in [0.15, 0.2) is 0 Å². The monoisotopic (exact) mass is 337 g/mol. The van der Waals surface area contributed by atoms with E-state index in [1.165, 1.54) is 12.8 Å². The van der Waals surface area contributed by atoms with Crippen molar-refractivity contribution < 1.29 is 4.52 Å². The third-order valence-electron chi connectivity index (χ3n) is 3.90. The number of aromatic nitrogens is 3. The maximum Gasteiger partial charge on any atom is 0.265 e. The molecule has 6 heteroatoms. The lowest BCUT2D eigenvalue weighted by molar-refractivity contribution is 0.393. The average molecular weight is 338 g/mol. The summed E-state index contributed by atoms with van der Waals surface area (Å²) in [6.45, 7) is 3.68. The molecule has 20 heavy (non-hydrogen) atoms. The van der Waals surface area contributed by atoms with Crippen LogP contribution in [0.25, 0.3) is 11.4 Å². The SMILES string of the molecule is Cc1noc(C)c1-c1nc(C2CCCC2)c(Br)c(=O)[nH]1. The van der Waals surface area contributed by atoms with Gasteiger partial charge in [0.1, 0.15) is 16.1 Å². The zero-order valence-corrected chi connectivity index (χ0v) is 13.1. The van der Waals surface area contributed by atoms with Gasteiger partial charge in [0.2, 0.25) is 0 Å². The molecule has 2 aromatic heterocycles. The largest absolute Gasteiger partial charge is 0.361 e. The number of aryl methyl sites for hydroxylation is 2. The van der Waals surface area contributed by atoms with Crippen molar-refractivity contribution in [2.75, 3.05) is 0 Å². The molecule has 0 saturated heterocycles. The number of H-pyrrole nitrogens is 1. The van der Waals surface area contributed by atoms with Gasteiger partial charge in [-0.05, 0) is 42.6 Å². The molecule has 0 spiro atoms. The van der Waals surface area contributed by atoms with Gasteiger partial charge < -0.3 is 9.51 Å². The third-order valence-corrected chi connectivity index (χ3v) is 4.67. The van der Waals surface area contributed by atoms with E-state index in [9.17, 15) is 4.79 Å². The maximum atomic E-state index is 12.1. The summed E-state index contributed by atoms with van der Waals surface area (Å²) >= 11 is 3.38. The number of aromatic amines is 1. The highest BCUT2D eigenvalue weighted by Crippen LogP contribution is 2.36. The van der Waals surface area contributed by atoms with Crippen LogP contribution in [0.15, 0.2) is 13.8 Å². The predicted octanol–water partition coefficient (Wildman–Crippen LogP) is 3.46. The van der Waals surface area contributed by atoms with E-state index in [0.717, 1.165) is 29.8 Å². The van der Waals surface area contributed by atoms with Gasteiger partial charge in [-0.3, -0.25) is 4.79 Å². The number of rotatable bonds is 2. The Balaban J connectivity index is 2.16. The minimum absolute atomic E-state index is 0.142. The van der Waals surface area contributed by atoms with E-state index in [4.69, 9.17) is 4.52 Å². The minimum atomic E-state index is -0.142. The van der Waals surface area contributed by atoms with Gasteiger partial charge in [0.05, 0.1) is 17.0 Å². The zero-order valence-electron chi connectivity index (χ0n) is 11.5. The molecular formula is C14H16BrN3O2. The number of nitrogens with zero attached hydrogens (tertiary/aromatic N) is 2. The van der Waals surface area contributed by atoms with E-state index < -0.39 is 0 Å². The summed E-state index contributed by atoms with van der Waals surface area (Å²) in [7, 11) is 0. The van der Waals surface area contributed by atoms with Crippen molar-refractivity contribution in [3.63, 3.8) is 0 Å². The zero-order chi connectivity index (χ0) is 14.3. The highest BCUT2D eigenvalue weighted by Gasteiger charge is 2.24. The number of nitrogens with one attached hydrogen (secondary N) is 1. The molecule has 1 saturated carbocycles. The normalized spacial score (nSPS) is 15.9. The molecule has 2 aromatic rings. The van der Waals surface area contributed by atoms with Crippen molar-refractivity contribution in [2.45, 2.75) is 45.4 Å². The van der Waals surface area contributed by atoms with Crippen LogP contribution in [0.4, 0.5) is 0 Å². The Hall–Kier alpha value is -1.43. The molecule has 2 heterocycles. The summed E-state index contributed by atoms with van der Waals surface area (Å²) in [6, 6.07) is 0. The van der Waals surface area contributed by atoms with E-state index >= 15 is 0 Å². The van der Waals surface area contributed by atoms with E-state index in [0.29, 0.717) is 22.0 Å². The molecule has 106 valence electrons. The molecule has 1 fully saturated rings. The standard InChI is InChI=1S/C14H16BrN3O2/c1-7-10(8(2)20-18-7)13-16-12(9-5-3-4-6-9)11(15)14(19)17-13/h9H,3-6H2,1-2H3,(H,16,17,19).